The van der Waals surface area contributed by atoms with Gasteiger partial charge in [0.2, 0.25) is 0 Å². The predicted octanol–water partition coefficient (Wildman–Crippen LogP) is 6.70. The maximum Gasteiger partial charge on any atom is 0.161 e. The highest BCUT2D eigenvalue weighted by molar-refractivity contribution is 9.11. The summed E-state index contributed by atoms with van der Waals surface area (Å²) >= 11 is 7.51. The molecule has 0 fully saturated rings. The highest BCUT2D eigenvalue weighted by Gasteiger charge is 2.40. The lowest BCUT2D eigenvalue weighted by atomic mass is 9.81. The summed E-state index contributed by atoms with van der Waals surface area (Å²) < 4.78 is 13.1. The van der Waals surface area contributed by atoms with Gasteiger partial charge in [0.25, 0.3) is 0 Å². The Labute approximate surface area is 175 Å². The topological polar surface area (TPSA) is 38.7 Å². The fourth-order valence-corrected chi connectivity index (χ4v) is 5.79. The van der Waals surface area contributed by atoms with Gasteiger partial charge in [-0.15, -0.1) is 0 Å². The summed E-state index contributed by atoms with van der Waals surface area (Å²) in [5, 5.41) is 12.5. The Balaban J connectivity index is 2.21. The van der Waals surface area contributed by atoms with Gasteiger partial charge in [-0.25, -0.2) is 0 Å². The highest BCUT2D eigenvalue weighted by atomic mass is 79.9. The molecular weight excluding hydrogens is 472 g/mol. The van der Waals surface area contributed by atoms with Crippen LogP contribution in [0, 0.1) is 6.92 Å². The minimum Gasteiger partial charge on any atom is -0.507 e. The maximum absolute atomic E-state index is 10.8. The van der Waals surface area contributed by atoms with Gasteiger partial charge >= 0.3 is 0 Å². The molecule has 1 aliphatic carbocycles. The first-order valence-corrected chi connectivity index (χ1v) is 10.2. The molecule has 140 valence electrons. The van der Waals surface area contributed by atoms with Crippen LogP contribution >= 0.6 is 31.9 Å². The first-order valence-electron chi connectivity index (χ1n) is 8.64. The van der Waals surface area contributed by atoms with Crippen LogP contribution in [0.15, 0.2) is 33.2 Å². The van der Waals surface area contributed by atoms with Crippen molar-refractivity contribution in [1.82, 2.24) is 0 Å². The van der Waals surface area contributed by atoms with Gasteiger partial charge in [-0.1, -0.05) is 45.7 Å². The molecule has 27 heavy (non-hydrogen) atoms. The molecule has 0 saturated carbocycles. The summed E-state index contributed by atoms with van der Waals surface area (Å²) in [4.78, 5) is 0. The maximum atomic E-state index is 10.8. The molecule has 5 heteroatoms. The zero-order valence-electron chi connectivity index (χ0n) is 15.8. The number of hydrogen-bond donors (Lipinski definition) is 1. The summed E-state index contributed by atoms with van der Waals surface area (Å²) in [5.74, 6) is 1.50. The van der Waals surface area contributed by atoms with Crippen molar-refractivity contribution < 1.29 is 14.6 Å². The fraction of sp³-hybridized carbons (Fsp3) is 0.273. The van der Waals surface area contributed by atoms with E-state index in [0.717, 1.165) is 36.4 Å². The molecule has 0 atom stereocenters. The lowest BCUT2D eigenvalue weighted by Crippen LogP contribution is -2.16. The second-order valence-corrected chi connectivity index (χ2v) is 9.06. The Morgan fingerprint density at radius 1 is 0.926 bits per heavy atom. The molecule has 1 N–H and O–H groups in total. The number of phenolic OH excluding ortho intramolecular Hbond substituents is 1. The quantitative estimate of drug-likeness (QED) is 0.433. The van der Waals surface area contributed by atoms with E-state index < -0.39 is 0 Å². The van der Waals surface area contributed by atoms with E-state index in [1.54, 1.807) is 14.2 Å². The minimum absolute atomic E-state index is 0.242. The molecule has 3 aromatic rings. The molecule has 3 aromatic carbocycles. The lowest BCUT2D eigenvalue weighted by molar-refractivity contribution is 0.355. The first kappa shape index (κ1) is 18.6. The first-order chi connectivity index (χ1) is 12.7. The van der Waals surface area contributed by atoms with Crippen molar-refractivity contribution in [1.29, 1.82) is 0 Å². The number of halogens is 2. The third-order valence-electron chi connectivity index (χ3n) is 5.63. The number of phenols is 1. The van der Waals surface area contributed by atoms with Crippen LogP contribution in [-0.4, -0.2) is 19.3 Å². The van der Waals surface area contributed by atoms with E-state index >= 15 is 0 Å². The summed E-state index contributed by atoms with van der Waals surface area (Å²) in [5.41, 5.74) is 5.56. The molecule has 0 aromatic heterocycles. The number of rotatable bonds is 2. The average molecular weight is 492 g/mol. The van der Waals surface area contributed by atoms with Crippen molar-refractivity contribution in [3.8, 4) is 28.4 Å². The Morgan fingerprint density at radius 3 is 2.11 bits per heavy atom. The van der Waals surface area contributed by atoms with Crippen molar-refractivity contribution >= 4 is 42.6 Å². The van der Waals surface area contributed by atoms with E-state index in [1.165, 1.54) is 11.1 Å². The van der Waals surface area contributed by atoms with E-state index in [2.05, 4.69) is 58.7 Å². The average Bonchev–Trinajstić information content (AvgIpc) is 2.85. The Hall–Kier alpha value is -1.72. The largest absolute Gasteiger partial charge is 0.507 e. The van der Waals surface area contributed by atoms with Crippen molar-refractivity contribution in [3.63, 3.8) is 0 Å². The molecule has 0 bridgehead atoms. The second-order valence-electron chi connectivity index (χ2n) is 7.42. The van der Waals surface area contributed by atoms with Gasteiger partial charge in [-0.2, -0.15) is 0 Å². The smallest absolute Gasteiger partial charge is 0.161 e. The molecule has 0 spiro atoms. The van der Waals surface area contributed by atoms with Gasteiger partial charge in [0.05, 0.1) is 14.2 Å². The van der Waals surface area contributed by atoms with E-state index in [-0.39, 0.29) is 11.2 Å². The Morgan fingerprint density at radius 2 is 1.52 bits per heavy atom. The number of hydrogen-bond acceptors (Lipinski definition) is 3. The molecule has 1 aliphatic rings. The van der Waals surface area contributed by atoms with Gasteiger partial charge in [0.1, 0.15) is 5.75 Å². The number of benzene rings is 3. The zero-order valence-corrected chi connectivity index (χ0v) is 19.0. The summed E-state index contributed by atoms with van der Waals surface area (Å²) in [7, 11) is 3.23. The van der Waals surface area contributed by atoms with Crippen molar-refractivity contribution in [2.24, 2.45) is 0 Å². The van der Waals surface area contributed by atoms with E-state index in [9.17, 15) is 5.11 Å². The molecule has 0 unspecified atom stereocenters. The normalized spacial score (nSPS) is 14.2. The van der Waals surface area contributed by atoms with E-state index in [4.69, 9.17) is 9.47 Å². The summed E-state index contributed by atoms with van der Waals surface area (Å²) in [6.07, 6.45) is 0. The zero-order chi connectivity index (χ0) is 19.7. The van der Waals surface area contributed by atoms with Crippen LogP contribution in [-0.2, 0) is 5.41 Å². The molecule has 0 heterocycles. The second kappa shape index (κ2) is 6.14. The molecule has 3 nitrogen and oxygen atoms in total. The van der Waals surface area contributed by atoms with Crippen LogP contribution in [0.5, 0.6) is 17.2 Å². The summed E-state index contributed by atoms with van der Waals surface area (Å²) in [6, 6.07) is 7.86. The summed E-state index contributed by atoms with van der Waals surface area (Å²) in [6.45, 7) is 6.49. The third-order valence-corrected chi connectivity index (χ3v) is 7.45. The van der Waals surface area contributed by atoms with Gasteiger partial charge in [0.15, 0.2) is 11.5 Å². The van der Waals surface area contributed by atoms with E-state index in [0.29, 0.717) is 11.5 Å². The van der Waals surface area contributed by atoms with Crippen molar-refractivity contribution in [2.75, 3.05) is 14.2 Å². The van der Waals surface area contributed by atoms with Gasteiger partial charge in [-0.3, -0.25) is 0 Å². The van der Waals surface area contributed by atoms with Crippen LogP contribution in [0.2, 0.25) is 0 Å². The predicted molar refractivity (Wildman–Crippen MR) is 116 cm³/mol. The van der Waals surface area contributed by atoms with Crippen molar-refractivity contribution in [3.05, 3.63) is 49.9 Å². The van der Waals surface area contributed by atoms with Crippen LogP contribution < -0.4 is 9.47 Å². The fourth-order valence-electron chi connectivity index (χ4n) is 4.17. The van der Waals surface area contributed by atoms with Crippen LogP contribution in [0.25, 0.3) is 21.9 Å². The Kier molecular flexibility index (Phi) is 4.24. The molecule has 0 aliphatic heterocycles. The number of methoxy groups -OCH3 is 2. The number of fused-ring (bicyclic) bond motifs is 5. The monoisotopic (exact) mass is 490 g/mol. The SMILES string of the molecule is COc1cc2c(O)cc3c(c2cc1OC)-c1cc(Br)c(C)c(Br)c1C3(C)C. The molecule has 0 radical (unpaired) electrons. The van der Waals surface area contributed by atoms with Crippen molar-refractivity contribution in [2.45, 2.75) is 26.2 Å². The van der Waals surface area contributed by atoms with Gasteiger partial charge < -0.3 is 14.6 Å². The Bertz CT molecular complexity index is 1120. The van der Waals surface area contributed by atoms with Gasteiger partial charge in [-0.05, 0) is 64.4 Å². The lowest BCUT2D eigenvalue weighted by Gasteiger charge is -2.24. The standard InChI is InChI=1S/C22H20Br2O3/c1-10-15(23)6-13-19-12-8-18(27-5)17(26-4)7-11(12)16(25)9-14(19)22(2,3)20(13)21(10)24/h6-9,25H,1-5H3. The highest BCUT2D eigenvalue weighted by Crippen LogP contribution is 2.57. The van der Waals surface area contributed by atoms with Crippen LogP contribution in [0.1, 0.15) is 30.5 Å². The van der Waals surface area contributed by atoms with Gasteiger partial charge in [0, 0.05) is 19.7 Å². The third kappa shape index (κ3) is 2.44. The minimum atomic E-state index is -0.242. The number of ether oxygens (including phenoxy) is 2. The molecule has 4 rings (SSSR count). The number of aromatic hydroxyl groups is 1. The van der Waals surface area contributed by atoms with Crippen LogP contribution in [0.4, 0.5) is 0 Å². The molecular formula is C22H20Br2O3. The molecule has 0 amide bonds. The van der Waals surface area contributed by atoms with E-state index in [1.807, 2.05) is 18.2 Å². The van der Waals surface area contributed by atoms with Crippen LogP contribution in [0.3, 0.4) is 0 Å². The molecule has 0 saturated heterocycles.